The van der Waals surface area contributed by atoms with Crippen LogP contribution in [0.25, 0.3) is 77.9 Å². The van der Waals surface area contributed by atoms with Crippen LogP contribution in [0.3, 0.4) is 0 Å². The molecule has 0 bridgehead atoms. The Balaban J connectivity index is 1.26. The average molecular weight is 687 g/mol. The van der Waals surface area contributed by atoms with Gasteiger partial charge >= 0.3 is 0 Å². The van der Waals surface area contributed by atoms with E-state index in [2.05, 4.69) is 160 Å². The number of benzene rings is 6. The van der Waals surface area contributed by atoms with Gasteiger partial charge in [-0.25, -0.2) is 4.98 Å². The van der Waals surface area contributed by atoms with Crippen molar-refractivity contribution in [2.75, 3.05) is 0 Å². The van der Waals surface area contributed by atoms with Gasteiger partial charge in [-0.2, -0.15) is 0 Å². The number of aromatic nitrogens is 2. The molecule has 0 atom stereocenters. The molecule has 0 aliphatic heterocycles. The SMILES string of the molecule is C#C/C=C\C(=C/C)c1ccc(-c2ccc(-c3cc(C(C)C)c(-n4c(-c5cccc6c5oc5ccccc56)nc5ccccc54)c(C(C)C)c3)cc2)cc1. The molecular formula is C50H42N2O. The summed E-state index contributed by atoms with van der Waals surface area (Å²) in [5.74, 6) is 3.99. The van der Waals surface area contributed by atoms with Crippen LogP contribution >= 0.6 is 0 Å². The number of furan rings is 1. The fourth-order valence-electron chi connectivity index (χ4n) is 7.55. The summed E-state index contributed by atoms with van der Waals surface area (Å²) in [7, 11) is 0. The number of nitrogens with zero attached hydrogens (tertiary/aromatic N) is 2. The lowest BCUT2D eigenvalue weighted by atomic mass is 9.87. The van der Waals surface area contributed by atoms with E-state index in [4.69, 9.17) is 15.8 Å². The van der Waals surface area contributed by atoms with Crippen LogP contribution in [-0.2, 0) is 0 Å². The molecule has 3 nitrogen and oxygen atoms in total. The van der Waals surface area contributed by atoms with Gasteiger partial charge in [-0.1, -0.05) is 131 Å². The number of fused-ring (bicyclic) bond motifs is 4. The third-order valence-corrected chi connectivity index (χ3v) is 10.3. The molecule has 8 rings (SSSR count). The smallest absolute Gasteiger partial charge is 0.149 e. The summed E-state index contributed by atoms with van der Waals surface area (Å²) in [5.41, 5.74) is 15.5. The van der Waals surface area contributed by atoms with Crippen molar-refractivity contribution in [2.24, 2.45) is 0 Å². The second kappa shape index (κ2) is 14.0. The maximum atomic E-state index is 6.57. The Labute approximate surface area is 312 Å². The van der Waals surface area contributed by atoms with Crippen LogP contribution in [0.15, 0.2) is 150 Å². The molecule has 0 saturated carbocycles. The second-order valence-electron chi connectivity index (χ2n) is 14.3. The van der Waals surface area contributed by atoms with Crippen molar-refractivity contribution in [3.8, 4) is 51.7 Å². The van der Waals surface area contributed by atoms with Crippen molar-refractivity contribution in [2.45, 2.75) is 46.5 Å². The van der Waals surface area contributed by atoms with E-state index in [9.17, 15) is 0 Å². The predicted molar refractivity (Wildman–Crippen MR) is 224 cm³/mol. The Bertz CT molecular complexity index is 2700. The zero-order chi connectivity index (χ0) is 36.6. The summed E-state index contributed by atoms with van der Waals surface area (Å²) in [4.78, 5) is 5.32. The first-order valence-corrected chi connectivity index (χ1v) is 18.4. The van der Waals surface area contributed by atoms with Gasteiger partial charge in [0.1, 0.15) is 17.0 Å². The van der Waals surface area contributed by atoms with E-state index in [-0.39, 0.29) is 11.8 Å². The maximum absolute atomic E-state index is 6.57. The summed E-state index contributed by atoms with van der Waals surface area (Å²) in [6.07, 6.45) is 11.2. The molecule has 0 N–H and O–H groups in total. The van der Waals surface area contributed by atoms with Gasteiger partial charge in [0.25, 0.3) is 0 Å². The third-order valence-electron chi connectivity index (χ3n) is 10.3. The topological polar surface area (TPSA) is 31.0 Å². The minimum absolute atomic E-state index is 0.258. The second-order valence-corrected chi connectivity index (χ2v) is 14.3. The Morgan fingerprint density at radius 3 is 1.96 bits per heavy atom. The Kier molecular flexibility index (Phi) is 8.90. The molecule has 0 amide bonds. The van der Waals surface area contributed by atoms with Crippen LogP contribution in [0.5, 0.6) is 0 Å². The normalized spacial score (nSPS) is 12.2. The minimum atomic E-state index is 0.258. The summed E-state index contributed by atoms with van der Waals surface area (Å²) in [5, 5.41) is 2.21. The van der Waals surface area contributed by atoms with Crippen molar-refractivity contribution in [3.05, 3.63) is 162 Å². The first-order valence-electron chi connectivity index (χ1n) is 18.4. The zero-order valence-electron chi connectivity index (χ0n) is 30.9. The monoisotopic (exact) mass is 686 g/mol. The number of hydrogen-bond acceptors (Lipinski definition) is 2. The quantitative estimate of drug-likeness (QED) is 0.118. The van der Waals surface area contributed by atoms with E-state index >= 15 is 0 Å². The van der Waals surface area contributed by atoms with Gasteiger partial charge in [0.05, 0.1) is 22.3 Å². The number of rotatable bonds is 8. The van der Waals surface area contributed by atoms with Crippen LogP contribution in [0.4, 0.5) is 0 Å². The van der Waals surface area contributed by atoms with E-state index < -0.39 is 0 Å². The fourth-order valence-corrected chi connectivity index (χ4v) is 7.55. The number of allylic oxidation sites excluding steroid dienone is 4. The molecule has 2 aromatic heterocycles. The highest BCUT2D eigenvalue weighted by Crippen LogP contribution is 2.42. The summed E-state index contributed by atoms with van der Waals surface area (Å²) in [6.45, 7) is 11.2. The Morgan fingerprint density at radius 1 is 0.698 bits per heavy atom. The van der Waals surface area contributed by atoms with Crippen LogP contribution in [-0.4, -0.2) is 9.55 Å². The molecule has 0 spiro atoms. The molecule has 6 aromatic carbocycles. The lowest BCUT2D eigenvalue weighted by Gasteiger charge is -2.24. The summed E-state index contributed by atoms with van der Waals surface area (Å²) in [6, 6.07) is 45.5. The first-order chi connectivity index (χ1) is 25.9. The zero-order valence-corrected chi connectivity index (χ0v) is 30.9. The molecule has 0 unspecified atom stereocenters. The molecule has 0 aliphatic rings. The van der Waals surface area contributed by atoms with Gasteiger partial charge < -0.3 is 4.42 Å². The van der Waals surface area contributed by atoms with Gasteiger partial charge in [0.2, 0.25) is 0 Å². The van der Waals surface area contributed by atoms with Crippen LogP contribution < -0.4 is 0 Å². The van der Waals surface area contributed by atoms with Crippen molar-refractivity contribution < 1.29 is 4.42 Å². The minimum Gasteiger partial charge on any atom is -0.455 e. The maximum Gasteiger partial charge on any atom is 0.149 e. The summed E-state index contributed by atoms with van der Waals surface area (Å²) >= 11 is 0. The van der Waals surface area contributed by atoms with E-state index in [0.717, 1.165) is 55.5 Å². The molecule has 0 aliphatic carbocycles. The van der Waals surface area contributed by atoms with Crippen molar-refractivity contribution in [1.29, 1.82) is 0 Å². The molecule has 2 heterocycles. The number of para-hydroxylation sites is 4. The van der Waals surface area contributed by atoms with E-state index in [1.54, 1.807) is 6.08 Å². The highest BCUT2D eigenvalue weighted by atomic mass is 16.3. The fraction of sp³-hybridized carbons (Fsp3) is 0.140. The third kappa shape index (κ3) is 6.07. The van der Waals surface area contributed by atoms with Crippen molar-refractivity contribution in [3.63, 3.8) is 0 Å². The number of terminal acetylenes is 1. The molecule has 0 saturated heterocycles. The Morgan fingerprint density at radius 2 is 1.30 bits per heavy atom. The van der Waals surface area contributed by atoms with Crippen LogP contribution in [0.2, 0.25) is 0 Å². The van der Waals surface area contributed by atoms with Crippen molar-refractivity contribution >= 4 is 38.5 Å². The van der Waals surface area contributed by atoms with Crippen LogP contribution in [0, 0.1) is 12.3 Å². The molecule has 53 heavy (non-hydrogen) atoms. The molecule has 0 radical (unpaired) electrons. The van der Waals surface area contributed by atoms with Gasteiger partial charge in [0, 0.05) is 10.8 Å². The lowest BCUT2D eigenvalue weighted by molar-refractivity contribution is 0.669. The number of hydrogen-bond donors (Lipinski definition) is 0. The standard InChI is InChI=1S/C50H42N2O/c1-7-9-15-34(8-2)35-22-24-36(25-23-35)37-26-28-38(29-27-37)39-30-43(32(3)4)48(44(31-39)33(5)6)52-46-20-12-11-19-45(46)51-50(52)42-18-14-17-41-40-16-10-13-21-47(40)53-49(41)42/h1,8-33H,2-6H3/b15-9-,34-8+. The molecule has 8 aromatic rings. The van der Waals surface area contributed by atoms with E-state index in [1.165, 1.54) is 39.1 Å². The summed E-state index contributed by atoms with van der Waals surface area (Å²) < 4.78 is 8.96. The van der Waals surface area contributed by atoms with Gasteiger partial charge in [0.15, 0.2) is 0 Å². The van der Waals surface area contributed by atoms with Gasteiger partial charge in [-0.3, -0.25) is 4.57 Å². The highest BCUT2D eigenvalue weighted by molar-refractivity contribution is 6.09. The molecule has 0 fully saturated rings. The molecule has 258 valence electrons. The largest absolute Gasteiger partial charge is 0.455 e. The Hall–Kier alpha value is -6.37. The van der Waals surface area contributed by atoms with Gasteiger partial charge in [-0.05, 0) is 112 Å². The number of imidazole rings is 1. The predicted octanol–water partition coefficient (Wildman–Crippen LogP) is 13.8. The van der Waals surface area contributed by atoms with Gasteiger partial charge in [-0.15, -0.1) is 6.42 Å². The first kappa shape index (κ1) is 33.8. The van der Waals surface area contributed by atoms with E-state index in [1.807, 2.05) is 25.1 Å². The average Bonchev–Trinajstić information content (AvgIpc) is 3.77. The van der Waals surface area contributed by atoms with E-state index in [0.29, 0.717) is 0 Å². The van der Waals surface area contributed by atoms with Crippen LogP contribution in [0.1, 0.15) is 63.1 Å². The molecular weight excluding hydrogens is 645 g/mol. The van der Waals surface area contributed by atoms with Crippen molar-refractivity contribution in [1.82, 2.24) is 9.55 Å². The highest BCUT2D eigenvalue weighted by Gasteiger charge is 2.25. The molecule has 3 heteroatoms. The lowest BCUT2D eigenvalue weighted by Crippen LogP contribution is -2.09.